The van der Waals surface area contributed by atoms with Crippen LogP contribution in [0.3, 0.4) is 0 Å². The Morgan fingerprint density at radius 1 is 1.26 bits per heavy atom. The standard InChI is InChI=1S/C15H26BrN3/c1-5-19(10-6-9-18(3)4)13-7-8-14(12(2)17)15(16)11-13/h7-8,11-12H,5-6,9-10,17H2,1-4H3/t12-/m0/s1. The van der Waals surface area contributed by atoms with Crippen LogP contribution in [0.25, 0.3) is 0 Å². The van der Waals surface area contributed by atoms with Crippen LogP contribution in [-0.2, 0) is 0 Å². The van der Waals surface area contributed by atoms with E-state index in [0.29, 0.717) is 0 Å². The Morgan fingerprint density at radius 3 is 2.42 bits per heavy atom. The minimum atomic E-state index is 0.0623. The number of anilines is 1. The SMILES string of the molecule is CCN(CCCN(C)C)c1ccc([C@H](C)N)c(Br)c1. The number of nitrogens with zero attached hydrogens (tertiary/aromatic N) is 2. The van der Waals surface area contributed by atoms with Gasteiger partial charge in [0.25, 0.3) is 0 Å². The molecule has 108 valence electrons. The third kappa shape index (κ3) is 5.13. The van der Waals surface area contributed by atoms with E-state index in [1.165, 1.54) is 12.1 Å². The molecule has 19 heavy (non-hydrogen) atoms. The molecule has 0 radical (unpaired) electrons. The van der Waals surface area contributed by atoms with Crippen LogP contribution in [0.4, 0.5) is 5.69 Å². The highest BCUT2D eigenvalue weighted by Crippen LogP contribution is 2.27. The van der Waals surface area contributed by atoms with Gasteiger partial charge in [-0.1, -0.05) is 22.0 Å². The van der Waals surface area contributed by atoms with E-state index in [0.717, 1.165) is 29.7 Å². The van der Waals surface area contributed by atoms with Crippen molar-refractivity contribution in [3.63, 3.8) is 0 Å². The Morgan fingerprint density at radius 2 is 1.95 bits per heavy atom. The third-order valence-corrected chi connectivity index (χ3v) is 3.94. The Kier molecular flexibility index (Phi) is 6.83. The largest absolute Gasteiger partial charge is 0.372 e. The van der Waals surface area contributed by atoms with Crippen molar-refractivity contribution in [3.8, 4) is 0 Å². The van der Waals surface area contributed by atoms with Gasteiger partial charge in [0.2, 0.25) is 0 Å². The van der Waals surface area contributed by atoms with Gasteiger partial charge >= 0.3 is 0 Å². The summed E-state index contributed by atoms with van der Waals surface area (Å²) in [6.45, 7) is 7.43. The Hall–Kier alpha value is -0.580. The van der Waals surface area contributed by atoms with Gasteiger partial charge in [-0.15, -0.1) is 0 Å². The van der Waals surface area contributed by atoms with Crippen LogP contribution in [-0.4, -0.2) is 38.6 Å². The first-order valence-electron chi connectivity index (χ1n) is 6.90. The van der Waals surface area contributed by atoms with Gasteiger partial charge < -0.3 is 15.5 Å². The van der Waals surface area contributed by atoms with Crippen LogP contribution in [0.15, 0.2) is 22.7 Å². The van der Waals surface area contributed by atoms with Gasteiger partial charge in [0.1, 0.15) is 0 Å². The van der Waals surface area contributed by atoms with E-state index in [4.69, 9.17) is 5.73 Å². The first-order chi connectivity index (χ1) is 8.95. The highest BCUT2D eigenvalue weighted by atomic mass is 79.9. The van der Waals surface area contributed by atoms with Gasteiger partial charge in [0.05, 0.1) is 0 Å². The summed E-state index contributed by atoms with van der Waals surface area (Å²) in [7, 11) is 4.23. The summed E-state index contributed by atoms with van der Waals surface area (Å²) in [4.78, 5) is 4.63. The van der Waals surface area contributed by atoms with Gasteiger partial charge in [-0.2, -0.15) is 0 Å². The zero-order valence-electron chi connectivity index (χ0n) is 12.5. The summed E-state index contributed by atoms with van der Waals surface area (Å²) < 4.78 is 1.10. The maximum absolute atomic E-state index is 5.94. The van der Waals surface area contributed by atoms with Gasteiger partial charge in [0, 0.05) is 29.3 Å². The quantitative estimate of drug-likeness (QED) is 0.834. The molecular weight excluding hydrogens is 302 g/mol. The van der Waals surface area contributed by atoms with Gasteiger partial charge in [0.15, 0.2) is 0 Å². The smallest absolute Gasteiger partial charge is 0.0377 e. The number of benzene rings is 1. The molecule has 1 rings (SSSR count). The van der Waals surface area contributed by atoms with Gasteiger partial charge in [-0.3, -0.25) is 0 Å². The number of hydrogen-bond donors (Lipinski definition) is 1. The second-order valence-corrected chi connectivity index (χ2v) is 6.09. The molecule has 0 heterocycles. The first-order valence-corrected chi connectivity index (χ1v) is 7.69. The van der Waals surface area contributed by atoms with Crippen molar-refractivity contribution in [2.45, 2.75) is 26.3 Å². The van der Waals surface area contributed by atoms with Crippen LogP contribution in [0, 0.1) is 0 Å². The normalized spacial score (nSPS) is 12.8. The van der Waals surface area contributed by atoms with Crippen molar-refractivity contribution < 1.29 is 0 Å². The summed E-state index contributed by atoms with van der Waals surface area (Å²) in [5.74, 6) is 0. The molecule has 0 aliphatic heterocycles. The average molecular weight is 328 g/mol. The maximum Gasteiger partial charge on any atom is 0.0377 e. The van der Waals surface area contributed by atoms with Crippen molar-refractivity contribution >= 4 is 21.6 Å². The van der Waals surface area contributed by atoms with Gasteiger partial charge in [-0.05, 0) is 58.6 Å². The van der Waals surface area contributed by atoms with E-state index in [1.54, 1.807) is 0 Å². The second-order valence-electron chi connectivity index (χ2n) is 5.23. The minimum absolute atomic E-state index is 0.0623. The molecule has 1 aromatic carbocycles. The lowest BCUT2D eigenvalue weighted by Gasteiger charge is -2.25. The minimum Gasteiger partial charge on any atom is -0.372 e. The molecular formula is C15H26BrN3. The third-order valence-electron chi connectivity index (χ3n) is 3.25. The summed E-state index contributed by atoms with van der Waals surface area (Å²) in [6, 6.07) is 6.53. The van der Waals surface area contributed by atoms with E-state index in [-0.39, 0.29) is 6.04 Å². The van der Waals surface area contributed by atoms with Crippen LogP contribution in [0.1, 0.15) is 31.9 Å². The van der Waals surface area contributed by atoms with E-state index in [1.807, 2.05) is 6.92 Å². The molecule has 0 spiro atoms. The summed E-state index contributed by atoms with van der Waals surface area (Å²) in [6.07, 6.45) is 1.17. The first kappa shape index (κ1) is 16.5. The van der Waals surface area contributed by atoms with Crippen LogP contribution in [0.2, 0.25) is 0 Å². The van der Waals surface area contributed by atoms with Crippen LogP contribution < -0.4 is 10.6 Å². The molecule has 0 saturated carbocycles. The molecule has 0 aromatic heterocycles. The van der Waals surface area contributed by atoms with E-state index in [2.05, 4.69) is 64.9 Å². The molecule has 2 N–H and O–H groups in total. The van der Waals surface area contributed by atoms with Crippen molar-refractivity contribution in [2.24, 2.45) is 5.73 Å². The van der Waals surface area contributed by atoms with E-state index in [9.17, 15) is 0 Å². The highest BCUT2D eigenvalue weighted by Gasteiger charge is 2.09. The Balaban J connectivity index is 2.73. The lowest BCUT2D eigenvalue weighted by atomic mass is 10.1. The predicted octanol–water partition coefficient (Wildman–Crippen LogP) is 3.25. The zero-order valence-corrected chi connectivity index (χ0v) is 14.1. The Labute approximate surface area is 125 Å². The average Bonchev–Trinajstić information content (AvgIpc) is 2.33. The topological polar surface area (TPSA) is 32.5 Å². The number of rotatable bonds is 7. The van der Waals surface area contributed by atoms with Gasteiger partial charge in [-0.25, -0.2) is 0 Å². The highest BCUT2D eigenvalue weighted by molar-refractivity contribution is 9.10. The fourth-order valence-electron chi connectivity index (χ4n) is 2.13. The molecule has 0 aliphatic carbocycles. The number of nitrogens with two attached hydrogens (primary N) is 1. The molecule has 1 aromatic rings. The predicted molar refractivity (Wildman–Crippen MR) is 87.8 cm³/mol. The zero-order chi connectivity index (χ0) is 14.4. The maximum atomic E-state index is 5.94. The molecule has 3 nitrogen and oxygen atoms in total. The monoisotopic (exact) mass is 327 g/mol. The van der Waals surface area contributed by atoms with E-state index >= 15 is 0 Å². The van der Waals surface area contributed by atoms with Crippen molar-refractivity contribution in [1.29, 1.82) is 0 Å². The Bertz CT molecular complexity index is 391. The van der Waals surface area contributed by atoms with Crippen molar-refractivity contribution in [2.75, 3.05) is 38.6 Å². The molecule has 4 heteroatoms. The lowest BCUT2D eigenvalue weighted by Crippen LogP contribution is -2.27. The summed E-state index contributed by atoms with van der Waals surface area (Å²) in [5.41, 5.74) is 8.36. The fourth-order valence-corrected chi connectivity index (χ4v) is 2.86. The molecule has 1 atom stereocenters. The van der Waals surface area contributed by atoms with Crippen molar-refractivity contribution in [3.05, 3.63) is 28.2 Å². The number of halogens is 1. The van der Waals surface area contributed by atoms with Crippen molar-refractivity contribution in [1.82, 2.24) is 4.90 Å². The second kappa shape index (κ2) is 7.88. The lowest BCUT2D eigenvalue weighted by molar-refractivity contribution is 0.400. The number of hydrogen-bond acceptors (Lipinski definition) is 3. The molecule has 0 saturated heterocycles. The molecule has 0 amide bonds. The fraction of sp³-hybridized carbons (Fsp3) is 0.600. The van der Waals surface area contributed by atoms with Crippen LogP contribution in [0.5, 0.6) is 0 Å². The van der Waals surface area contributed by atoms with Crippen LogP contribution >= 0.6 is 15.9 Å². The molecule has 0 bridgehead atoms. The summed E-state index contributed by atoms with van der Waals surface area (Å²) in [5, 5.41) is 0. The van der Waals surface area contributed by atoms with E-state index < -0.39 is 0 Å². The molecule has 0 aliphatic rings. The molecule has 0 fully saturated rings. The molecule has 0 unspecified atom stereocenters. The summed E-state index contributed by atoms with van der Waals surface area (Å²) >= 11 is 3.62.